The number of thiazole rings is 2. The molecule has 26 heavy (non-hydrogen) atoms. The van der Waals surface area contributed by atoms with Crippen molar-refractivity contribution in [1.82, 2.24) is 20.6 Å². The predicted molar refractivity (Wildman–Crippen MR) is 114 cm³/mol. The highest BCUT2D eigenvalue weighted by atomic mass is 32.1. The molecule has 0 aliphatic rings. The SMILES string of the molecule is CCNC(=NCc1nc(C(C)C)cs1)NCCc1nc(C(C)(C)C)cs1. The fraction of sp³-hybridized carbons (Fsp3) is 0.632. The Morgan fingerprint density at radius 1 is 1.12 bits per heavy atom. The smallest absolute Gasteiger partial charge is 0.191 e. The largest absolute Gasteiger partial charge is 0.357 e. The second-order valence-electron chi connectivity index (χ2n) is 7.57. The molecule has 2 rings (SSSR count). The van der Waals surface area contributed by atoms with Gasteiger partial charge in [0, 0.05) is 35.7 Å². The molecule has 0 aliphatic carbocycles. The van der Waals surface area contributed by atoms with Crippen LogP contribution in [0.15, 0.2) is 15.8 Å². The number of guanidine groups is 1. The van der Waals surface area contributed by atoms with Gasteiger partial charge in [-0.1, -0.05) is 34.6 Å². The van der Waals surface area contributed by atoms with Crippen LogP contribution in [0.2, 0.25) is 0 Å². The van der Waals surface area contributed by atoms with Gasteiger partial charge in [-0.2, -0.15) is 0 Å². The number of nitrogens with zero attached hydrogens (tertiary/aromatic N) is 3. The summed E-state index contributed by atoms with van der Waals surface area (Å²) < 4.78 is 0. The van der Waals surface area contributed by atoms with Gasteiger partial charge in [0.2, 0.25) is 0 Å². The summed E-state index contributed by atoms with van der Waals surface area (Å²) in [6.45, 7) is 15.3. The minimum absolute atomic E-state index is 0.112. The van der Waals surface area contributed by atoms with Gasteiger partial charge in [0.25, 0.3) is 0 Å². The van der Waals surface area contributed by atoms with E-state index in [4.69, 9.17) is 4.98 Å². The van der Waals surface area contributed by atoms with Crippen molar-refractivity contribution < 1.29 is 0 Å². The lowest BCUT2D eigenvalue weighted by molar-refractivity contribution is 0.570. The summed E-state index contributed by atoms with van der Waals surface area (Å²) in [5.74, 6) is 1.30. The molecule has 0 atom stereocenters. The Balaban J connectivity index is 1.87. The molecule has 0 fully saturated rings. The van der Waals surface area contributed by atoms with Crippen LogP contribution in [0.5, 0.6) is 0 Å². The molecule has 2 heterocycles. The van der Waals surface area contributed by atoms with Gasteiger partial charge < -0.3 is 10.6 Å². The summed E-state index contributed by atoms with van der Waals surface area (Å²) in [5.41, 5.74) is 2.43. The fourth-order valence-electron chi connectivity index (χ4n) is 2.21. The molecule has 0 saturated carbocycles. The summed E-state index contributed by atoms with van der Waals surface area (Å²) in [4.78, 5) is 14.0. The van der Waals surface area contributed by atoms with Crippen LogP contribution in [0.1, 0.15) is 68.9 Å². The van der Waals surface area contributed by atoms with Gasteiger partial charge in [0.15, 0.2) is 5.96 Å². The first kappa shape index (κ1) is 20.8. The van der Waals surface area contributed by atoms with Crippen molar-refractivity contribution in [2.45, 2.75) is 65.8 Å². The zero-order valence-electron chi connectivity index (χ0n) is 16.7. The summed E-state index contributed by atoms with van der Waals surface area (Å²) in [6, 6.07) is 0. The number of rotatable bonds is 7. The van der Waals surface area contributed by atoms with Crippen LogP contribution >= 0.6 is 22.7 Å². The van der Waals surface area contributed by atoms with Crippen LogP contribution in [0, 0.1) is 0 Å². The molecule has 0 unspecified atom stereocenters. The zero-order valence-corrected chi connectivity index (χ0v) is 18.4. The highest BCUT2D eigenvalue weighted by Gasteiger charge is 2.17. The quantitative estimate of drug-likeness (QED) is 0.543. The highest BCUT2D eigenvalue weighted by Crippen LogP contribution is 2.24. The van der Waals surface area contributed by atoms with E-state index in [1.165, 1.54) is 10.7 Å². The van der Waals surface area contributed by atoms with Crippen molar-refractivity contribution in [3.63, 3.8) is 0 Å². The van der Waals surface area contributed by atoms with E-state index in [1.807, 2.05) is 0 Å². The Kier molecular flexibility index (Phi) is 7.58. The first-order chi connectivity index (χ1) is 12.3. The van der Waals surface area contributed by atoms with E-state index >= 15 is 0 Å². The van der Waals surface area contributed by atoms with Crippen LogP contribution in [0.25, 0.3) is 0 Å². The molecule has 2 N–H and O–H groups in total. The van der Waals surface area contributed by atoms with Crippen molar-refractivity contribution in [1.29, 1.82) is 0 Å². The fourth-order valence-corrected chi connectivity index (χ4v) is 4.11. The molecular weight excluding hydrogens is 362 g/mol. The van der Waals surface area contributed by atoms with Crippen molar-refractivity contribution >= 4 is 28.6 Å². The Bertz CT molecular complexity index is 710. The Hall–Kier alpha value is -1.47. The Labute approximate surface area is 165 Å². The molecule has 0 saturated heterocycles. The second-order valence-corrected chi connectivity index (χ2v) is 9.45. The summed E-state index contributed by atoms with van der Waals surface area (Å²) in [7, 11) is 0. The molecule has 0 spiro atoms. The van der Waals surface area contributed by atoms with E-state index in [0.29, 0.717) is 12.5 Å². The van der Waals surface area contributed by atoms with E-state index in [9.17, 15) is 0 Å². The topological polar surface area (TPSA) is 62.2 Å². The molecule has 0 aliphatic heterocycles. The molecule has 0 bridgehead atoms. The molecule has 2 aromatic heterocycles. The van der Waals surface area contributed by atoms with E-state index < -0.39 is 0 Å². The van der Waals surface area contributed by atoms with Gasteiger partial charge in [-0.05, 0) is 12.8 Å². The third-order valence-electron chi connectivity index (χ3n) is 3.83. The lowest BCUT2D eigenvalue weighted by Gasteiger charge is -2.14. The van der Waals surface area contributed by atoms with Crippen LogP contribution in [-0.2, 0) is 18.4 Å². The van der Waals surface area contributed by atoms with E-state index in [0.717, 1.165) is 36.2 Å². The maximum absolute atomic E-state index is 4.75. The predicted octanol–water partition coefficient (Wildman–Crippen LogP) is 4.32. The molecule has 0 aromatic carbocycles. The number of aliphatic imine (C=N–C) groups is 1. The Morgan fingerprint density at radius 2 is 1.85 bits per heavy atom. The highest BCUT2D eigenvalue weighted by molar-refractivity contribution is 7.09. The molecule has 2 aromatic rings. The van der Waals surface area contributed by atoms with Crippen LogP contribution in [-0.4, -0.2) is 29.0 Å². The third kappa shape index (κ3) is 6.36. The maximum atomic E-state index is 4.75. The molecule has 0 radical (unpaired) electrons. The second kappa shape index (κ2) is 9.46. The molecule has 7 heteroatoms. The van der Waals surface area contributed by atoms with Crippen molar-refractivity contribution in [2.75, 3.05) is 13.1 Å². The summed E-state index contributed by atoms with van der Waals surface area (Å²) in [5, 5.41) is 13.2. The van der Waals surface area contributed by atoms with Crippen molar-refractivity contribution in [3.05, 3.63) is 32.2 Å². The minimum Gasteiger partial charge on any atom is -0.357 e. The van der Waals surface area contributed by atoms with Crippen molar-refractivity contribution in [2.24, 2.45) is 4.99 Å². The maximum Gasteiger partial charge on any atom is 0.191 e. The van der Waals surface area contributed by atoms with E-state index in [2.05, 4.69) is 72.9 Å². The average Bonchev–Trinajstić information content (AvgIpc) is 3.21. The van der Waals surface area contributed by atoms with Crippen LogP contribution in [0.4, 0.5) is 0 Å². The first-order valence-electron chi connectivity index (χ1n) is 9.21. The van der Waals surface area contributed by atoms with Gasteiger partial charge in [-0.3, -0.25) is 0 Å². The van der Waals surface area contributed by atoms with Gasteiger partial charge in [0.1, 0.15) is 5.01 Å². The minimum atomic E-state index is 0.112. The lowest BCUT2D eigenvalue weighted by atomic mass is 9.93. The number of hydrogen-bond donors (Lipinski definition) is 2. The first-order valence-corrected chi connectivity index (χ1v) is 11.0. The molecule has 0 amide bonds. The molecule has 5 nitrogen and oxygen atoms in total. The lowest BCUT2D eigenvalue weighted by Crippen LogP contribution is -2.38. The van der Waals surface area contributed by atoms with Crippen LogP contribution < -0.4 is 10.6 Å². The van der Waals surface area contributed by atoms with Crippen LogP contribution in [0.3, 0.4) is 0 Å². The van der Waals surface area contributed by atoms with E-state index in [1.54, 1.807) is 22.7 Å². The molecule has 144 valence electrons. The van der Waals surface area contributed by atoms with Gasteiger partial charge in [-0.25, -0.2) is 15.0 Å². The number of aromatic nitrogens is 2. The Morgan fingerprint density at radius 3 is 2.42 bits per heavy atom. The zero-order chi connectivity index (χ0) is 19.2. The normalized spacial score (nSPS) is 12.7. The molecular formula is C19H31N5S2. The number of hydrogen-bond acceptors (Lipinski definition) is 5. The standard InChI is InChI=1S/C19H31N5S2/c1-7-20-18(22-10-17-23-14(11-25-17)13(2)3)21-9-8-16-24-15(12-26-16)19(4,5)6/h11-13H,7-10H2,1-6H3,(H2,20,21,22). The van der Waals surface area contributed by atoms with E-state index in [-0.39, 0.29) is 5.41 Å². The number of nitrogens with one attached hydrogen (secondary N) is 2. The summed E-state index contributed by atoms with van der Waals surface area (Å²) >= 11 is 3.42. The van der Waals surface area contributed by atoms with Crippen molar-refractivity contribution in [3.8, 4) is 0 Å². The average molecular weight is 394 g/mol. The third-order valence-corrected chi connectivity index (χ3v) is 5.59. The summed E-state index contributed by atoms with van der Waals surface area (Å²) in [6.07, 6.45) is 0.903. The van der Waals surface area contributed by atoms with Gasteiger partial charge in [-0.15, -0.1) is 22.7 Å². The van der Waals surface area contributed by atoms with Gasteiger partial charge >= 0.3 is 0 Å². The monoisotopic (exact) mass is 393 g/mol. The van der Waals surface area contributed by atoms with Gasteiger partial charge in [0.05, 0.1) is 22.9 Å².